The van der Waals surface area contributed by atoms with Crippen LogP contribution in [0.2, 0.25) is 5.02 Å². The molecule has 1 saturated carbocycles. The van der Waals surface area contributed by atoms with E-state index in [0.29, 0.717) is 23.7 Å². The molecule has 37 heavy (non-hydrogen) atoms. The van der Waals surface area contributed by atoms with Gasteiger partial charge in [-0.25, -0.2) is 0 Å². The van der Waals surface area contributed by atoms with E-state index in [1.165, 1.54) is 11.1 Å². The second kappa shape index (κ2) is 13.7. The molecule has 3 aromatic rings. The summed E-state index contributed by atoms with van der Waals surface area (Å²) in [6.45, 7) is 2.38. The van der Waals surface area contributed by atoms with Crippen LogP contribution in [0.5, 0.6) is 0 Å². The van der Waals surface area contributed by atoms with Crippen molar-refractivity contribution in [3.05, 3.63) is 106 Å². The summed E-state index contributed by atoms with van der Waals surface area (Å²) < 4.78 is 0. The van der Waals surface area contributed by atoms with Crippen LogP contribution < -0.4 is 5.32 Å². The van der Waals surface area contributed by atoms with Crippen LogP contribution in [0.25, 0.3) is 0 Å². The quantitative estimate of drug-likeness (QED) is 0.302. The molecule has 0 saturated heterocycles. The highest BCUT2D eigenvalue weighted by Gasteiger charge is 2.32. The fraction of sp³-hybridized carbons (Fsp3) is 0.355. The zero-order valence-electron chi connectivity index (χ0n) is 21.4. The lowest BCUT2D eigenvalue weighted by Crippen LogP contribution is -2.52. The van der Waals surface area contributed by atoms with Crippen LogP contribution in [0.3, 0.4) is 0 Å². The number of nitrogens with one attached hydrogen (secondary N) is 1. The standard InChI is InChI=1S/C31H35ClN2O2S/c1-23-11-5-6-15-26(23)21-37-22-30(35)34(20-25-14-7-10-18-28(25)32)29(19-24-12-3-2-4-13-24)31(36)33-27-16-8-9-17-27/h2-7,10-15,18,27,29H,8-9,16-17,19-22H2,1H3,(H,33,36). The van der Waals surface area contributed by atoms with Gasteiger partial charge in [-0.2, -0.15) is 0 Å². The van der Waals surface area contributed by atoms with Crippen LogP contribution in [0.15, 0.2) is 78.9 Å². The number of rotatable bonds is 11. The van der Waals surface area contributed by atoms with Gasteiger partial charge >= 0.3 is 0 Å². The fourth-order valence-electron chi connectivity index (χ4n) is 4.83. The Hall–Kier alpha value is -2.76. The first-order valence-corrected chi connectivity index (χ1v) is 14.5. The Kier molecular flexibility index (Phi) is 10.1. The van der Waals surface area contributed by atoms with E-state index in [9.17, 15) is 9.59 Å². The molecule has 0 radical (unpaired) electrons. The van der Waals surface area contributed by atoms with Gasteiger partial charge in [0.2, 0.25) is 11.8 Å². The molecule has 4 rings (SSSR count). The van der Waals surface area contributed by atoms with Gasteiger partial charge in [-0.05, 0) is 48.1 Å². The summed E-state index contributed by atoms with van der Waals surface area (Å²) in [5.41, 5.74) is 4.30. The van der Waals surface area contributed by atoms with Gasteiger partial charge in [0.15, 0.2) is 0 Å². The zero-order valence-corrected chi connectivity index (χ0v) is 22.9. The average Bonchev–Trinajstić information content (AvgIpc) is 3.42. The van der Waals surface area contributed by atoms with Gasteiger partial charge in [0.05, 0.1) is 5.75 Å². The van der Waals surface area contributed by atoms with Crippen molar-refractivity contribution in [3.8, 4) is 0 Å². The number of benzene rings is 3. The summed E-state index contributed by atoms with van der Waals surface area (Å²) in [5.74, 6) is 0.901. The lowest BCUT2D eigenvalue weighted by molar-refractivity contribution is -0.139. The fourth-order valence-corrected chi connectivity index (χ4v) is 6.02. The molecule has 4 nitrogen and oxygen atoms in total. The summed E-state index contributed by atoms with van der Waals surface area (Å²) in [6.07, 6.45) is 4.71. The van der Waals surface area contributed by atoms with E-state index >= 15 is 0 Å². The molecule has 0 heterocycles. The molecule has 194 valence electrons. The van der Waals surface area contributed by atoms with Crippen molar-refractivity contribution >= 4 is 35.2 Å². The van der Waals surface area contributed by atoms with Crippen molar-refractivity contribution < 1.29 is 9.59 Å². The van der Waals surface area contributed by atoms with Crippen molar-refractivity contribution in [2.75, 3.05) is 5.75 Å². The molecule has 0 spiro atoms. The number of hydrogen-bond donors (Lipinski definition) is 1. The van der Waals surface area contributed by atoms with Crippen molar-refractivity contribution in [2.24, 2.45) is 0 Å². The van der Waals surface area contributed by atoms with Crippen LogP contribution in [0.1, 0.15) is 47.9 Å². The van der Waals surface area contributed by atoms with Crippen molar-refractivity contribution in [3.63, 3.8) is 0 Å². The molecular formula is C31H35ClN2O2S. The minimum absolute atomic E-state index is 0.0546. The van der Waals surface area contributed by atoms with Gasteiger partial charge in [0, 0.05) is 29.8 Å². The van der Waals surface area contributed by atoms with Crippen LogP contribution >= 0.6 is 23.4 Å². The Morgan fingerprint density at radius 3 is 2.30 bits per heavy atom. The third-order valence-corrected chi connectivity index (χ3v) is 8.35. The van der Waals surface area contributed by atoms with Crippen LogP contribution in [-0.2, 0) is 28.3 Å². The maximum absolute atomic E-state index is 13.8. The summed E-state index contributed by atoms with van der Waals surface area (Å²) >= 11 is 8.10. The highest BCUT2D eigenvalue weighted by molar-refractivity contribution is 7.99. The monoisotopic (exact) mass is 534 g/mol. The van der Waals surface area contributed by atoms with E-state index < -0.39 is 6.04 Å². The van der Waals surface area contributed by atoms with Gasteiger partial charge in [-0.1, -0.05) is 97.2 Å². The Morgan fingerprint density at radius 2 is 1.59 bits per heavy atom. The zero-order chi connectivity index (χ0) is 26.0. The average molecular weight is 535 g/mol. The second-order valence-electron chi connectivity index (χ2n) is 9.73. The predicted octanol–water partition coefficient (Wildman–Crippen LogP) is 6.58. The summed E-state index contributed by atoms with van der Waals surface area (Å²) in [7, 11) is 0. The third kappa shape index (κ3) is 7.86. The molecule has 1 aliphatic carbocycles. The Bertz CT molecular complexity index is 1180. The maximum atomic E-state index is 13.8. The van der Waals surface area contributed by atoms with E-state index in [-0.39, 0.29) is 17.9 Å². The Morgan fingerprint density at radius 1 is 0.946 bits per heavy atom. The van der Waals surface area contributed by atoms with Gasteiger partial charge in [0.1, 0.15) is 6.04 Å². The molecule has 1 unspecified atom stereocenters. The molecule has 1 fully saturated rings. The first-order chi connectivity index (χ1) is 18.0. The van der Waals surface area contributed by atoms with Crippen molar-refractivity contribution in [2.45, 2.75) is 63.4 Å². The molecule has 1 N–H and O–H groups in total. The van der Waals surface area contributed by atoms with Crippen LogP contribution in [0, 0.1) is 6.92 Å². The molecule has 0 aromatic heterocycles. The number of thioether (sulfide) groups is 1. The first-order valence-electron chi connectivity index (χ1n) is 13.0. The number of hydrogen-bond acceptors (Lipinski definition) is 3. The highest BCUT2D eigenvalue weighted by atomic mass is 35.5. The normalized spacial score (nSPS) is 14.3. The molecule has 6 heteroatoms. The topological polar surface area (TPSA) is 49.4 Å². The van der Waals surface area contributed by atoms with Crippen LogP contribution in [-0.4, -0.2) is 34.6 Å². The molecule has 1 atom stereocenters. The van der Waals surface area contributed by atoms with Gasteiger partial charge in [0.25, 0.3) is 0 Å². The number of carbonyl (C=O) groups is 2. The van der Waals surface area contributed by atoms with Crippen molar-refractivity contribution in [1.82, 2.24) is 10.2 Å². The van der Waals surface area contributed by atoms with Gasteiger partial charge in [-0.3, -0.25) is 9.59 Å². The van der Waals surface area contributed by atoms with E-state index in [0.717, 1.165) is 42.6 Å². The minimum atomic E-state index is -0.620. The number of carbonyl (C=O) groups excluding carboxylic acids is 2. The van der Waals surface area contributed by atoms with E-state index in [1.54, 1.807) is 16.7 Å². The highest BCUT2D eigenvalue weighted by Crippen LogP contribution is 2.24. The van der Waals surface area contributed by atoms with E-state index in [2.05, 4.69) is 24.4 Å². The minimum Gasteiger partial charge on any atom is -0.352 e. The molecule has 2 amide bonds. The molecule has 3 aromatic carbocycles. The Balaban J connectivity index is 1.58. The lowest BCUT2D eigenvalue weighted by atomic mass is 10.0. The molecule has 0 bridgehead atoms. The van der Waals surface area contributed by atoms with Gasteiger partial charge < -0.3 is 10.2 Å². The smallest absolute Gasteiger partial charge is 0.243 e. The SMILES string of the molecule is Cc1ccccc1CSCC(=O)N(Cc1ccccc1Cl)C(Cc1ccccc1)C(=O)NC1CCCC1. The summed E-state index contributed by atoms with van der Waals surface area (Å²) in [6, 6.07) is 25.3. The van der Waals surface area contributed by atoms with Crippen molar-refractivity contribution in [1.29, 1.82) is 0 Å². The molecular weight excluding hydrogens is 500 g/mol. The lowest BCUT2D eigenvalue weighted by Gasteiger charge is -2.32. The Labute approximate surface area is 229 Å². The largest absolute Gasteiger partial charge is 0.352 e. The second-order valence-corrected chi connectivity index (χ2v) is 11.1. The van der Waals surface area contributed by atoms with E-state index in [1.807, 2.05) is 66.7 Å². The number of halogens is 1. The maximum Gasteiger partial charge on any atom is 0.243 e. The third-order valence-electron chi connectivity index (χ3n) is 7.02. The molecule has 0 aliphatic heterocycles. The predicted molar refractivity (Wildman–Crippen MR) is 154 cm³/mol. The summed E-state index contributed by atoms with van der Waals surface area (Å²) in [5, 5.41) is 3.85. The first kappa shape index (κ1) is 27.3. The van der Waals surface area contributed by atoms with Crippen LogP contribution in [0.4, 0.5) is 0 Å². The molecule has 1 aliphatic rings. The number of aryl methyl sites for hydroxylation is 1. The number of nitrogens with zero attached hydrogens (tertiary/aromatic N) is 1. The summed E-state index contributed by atoms with van der Waals surface area (Å²) in [4.78, 5) is 29.2. The number of amides is 2. The van der Waals surface area contributed by atoms with Gasteiger partial charge in [-0.15, -0.1) is 11.8 Å². The van der Waals surface area contributed by atoms with E-state index in [4.69, 9.17) is 11.6 Å².